The van der Waals surface area contributed by atoms with Gasteiger partial charge in [-0.15, -0.1) is 0 Å². The van der Waals surface area contributed by atoms with Gasteiger partial charge in [-0.3, -0.25) is 0 Å². The molecule has 1 aliphatic heterocycles. The second-order valence-electron chi connectivity index (χ2n) is 4.40. The Balaban J connectivity index is 1.82. The maximum Gasteiger partial charge on any atom is 0.0700 e. The second kappa shape index (κ2) is 5.32. The van der Waals surface area contributed by atoms with Gasteiger partial charge in [-0.2, -0.15) is 0 Å². The number of benzene rings is 1. The minimum atomic E-state index is 0.404. The van der Waals surface area contributed by atoms with Crippen LogP contribution in [0.15, 0.2) is 18.2 Å². The first-order valence-electron chi connectivity index (χ1n) is 5.93. The maximum atomic E-state index is 5.86. The largest absolute Gasteiger partial charge is 0.399 e. The van der Waals surface area contributed by atoms with Crippen LogP contribution in [0.4, 0.5) is 5.69 Å². The second-order valence-corrected chi connectivity index (χ2v) is 4.40. The van der Waals surface area contributed by atoms with E-state index in [1.165, 1.54) is 24.0 Å². The highest BCUT2D eigenvalue weighted by molar-refractivity contribution is 5.49. The molecule has 0 radical (unpaired) electrons. The summed E-state index contributed by atoms with van der Waals surface area (Å²) >= 11 is 0. The molecule has 0 amide bonds. The molecule has 1 aromatic rings. The third-order valence-electron chi connectivity index (χ3n) is 3.20. The van der Waals surface area contributed by atoms with Crippen LogP contribution in [0.2, 0.25) is 0 Å². The van der Waals surface area contributed by atoms with E-state index >= 15 is 0 Å². The highest BCUT2D eigenvalue weighted by Crippen LogP contribution is 2.15. The van der Waals surface area contributed by atoms with E-state index in [1.807, 2.05) is 12.1 Å². The average molecular weight is 220 g/mol. The summed E-state index contributed by atoms with van der Waals surface area (Å²) in [5.74, 6) is 0. The normalized spacial score (nSPS) is 20.2. The van der Waals surface area contributed by atoms with Crippen LogP contribution in [0.5, 0.6) is 0 Å². The third kappa shape index (κ3) is 2.74. The van der Waals surface area contributed by atoms with Crippen molar-refractivity contribution in [3.63, 3.8) is 0 Å². The third-order valence-corrected chi connectivity index (χ3v) is 3.20. The van der Waals surface area contributed by atoms with Gasteiger partial charge < -0.3 is 15.8 Å². The van der Waals surface area contributed by atoms with Crippen LogP contribution in [0.25, 0.3) is 0 Å². The fourth-order valence-electron chi connectivity index (χ4n) is 2.07. The summed E-state index contributed by atoms with van der Waals surface area (Å²) < 4.78 is 5.56. The van der Waals surface area contributed by atoms with E-state index in [0.717, 1.165) is 25.4 Å². The molecule has 3 heteroatoms. The molecule has 1 unspecified atom stereocenters. The van der Waals surface area contributed by atoms with E-state index < -0.39 is 0 Å². The van der Waals surface area contributed by atoms with Gasteiger partial charge in [-0.1, -0.05) is 12.1 Å². The van der Waals surface area contributed by atoms with Gasteiger partial charge in [0.1, 0.15) is 0 Å². The molecule has 88 valence electrons. The Labute approximate surface area is 97.0 Å². The van der Waals surface area contributed by atoms with Gasteiger partial charge in [-0.05, 0) is 37.0 Å². The van der Waals surface area contributed by atoms with Crippen LogP contribution in [0.1, 0.15) is 24.0 Å². The SMILES string of the molecule is Cc1c(N)cccc1CNCC1CCCO1. The van der Waals surface area contributed by atoms with Crippen molar-refractivity contribution in [3.05, 3.63) is 29.3 Å². The van der Waals surface area contributed by atoms with E-state index in [-0.39, 0.29) is 0 Å². The molecule has 0 bridgehead atoms. The molecule has 16 heavy (non-hydrogen) atoms. The molecule has 0 spiro atoms. The number of anilines is 1. The summed E-state index contributed by atoms with van der Waals surface area (Å²) in [4.78, 5) is 0. The number of nitrogen functional groups attached to an aromatic ring is 1. The van der Waals surface area contributed by atoms with E-state index in [4.69, 9.17) is 10.5 Å². The molecule has 1 heterocycles. The molecule has 3 N–H and O–H groups in total. The van der Waals surface area contributed by atoms with Crippen molar-refractivity contribution in [1.82, 2.24) is 5.32 Å². The highest BCUT2D eigenvalue weighted by atomic mass is 16.5. The van der Waals surface area contributed by atoms with E-state index in [2.05, 4.69) is 18.3 Å². The van der Waals surface area contributed by atoms with E-state index in [0.29, 0.717) is 6.10 Å². The summed E-state index contributed by atoms with van der Waals surface area (Å²) in [7, 11) is 0. The molecule has 0 saturated carbocycles. The van der Waals surface area contributed by atoms with Crippen molar-refractivity contribution in [2.75, 3.05) is 18.9 Å². The summed E-state index contributed by atoms with van der Waals surface area (Å²) in [6.07, 6.45) is 2.79. The molecule has 3 nitrogen and oxygen atoms in total. The van der Waals surface area contributed by atoms with Gasteiger partial charge in [0, 0.05) is 25.4 Å². The zero-order valence-electron chi connectivity index (χ0n) is 9.83. The lowest BCUT2D eigenvalue weighted by molar-refractivity contribution is 0.110. The molecule has 0 aliphatic carbocycles. The number of hydrogen-bond donors (Lipinski definition) is 2. The Hall–Kier alpha value is -1.06. The molecular formula is C13H20N2O. The van der Waals surface area contributed by atoms with Crippen LogP contribution in [0.3, 0.4) is 0 Å². The average Bonchev–Trinajstić information content (AvgIpc) is 2.77. The topological polar surface area (TPSA) is 47.3 Å². The minimum absolute atomic E-state index is 0.404. The molecular weight excluding hydrogens is 200 g/mol. The first-order chi connectivity index (χ1) is 7.77. The van der Waals surface area contributed by atoms with Crippen molar-refractivity contribution >= 4 is 5.69 Å². The summed E-state index contributed by atoms with van der Waals surface area (Å²) in [5, 5.41) is 3.43. The van der Waals surface area contributed by atoms with Crippen LogP contribution >= 0.6 is 0 Å². The molecule has 1 saturated heterocycles. The van der Waals surface area contributed by atoms with Crippen molar-refractivity contribution in [3.8, 4) is 0 Å². The molecule has 1 aromatic carbocycles. The smallest absolute Gasteiger partial charge is 0.0700 e. The molecule has 2 rings (SSSR count). The lowest BCUT2D eigenvalue weighted by Gasteiger charge is -2.12. The Morgan fingerprint density at radius 2 is 2.38 bits per heavy atom. The lowest BCUT2D eigenvalue weighted by atomic mass is 10.1. The van der Waals surface area contributed by atoms with E-state index in [9.17, 15) is 0 Å². The van der Waals surface area contributed by atoms with Gasteiger partial charge in [0.15, 0.2) is 0 Å². The standard InChI is InChI=1S/C13H20N2O/c1-10-11(4-2-6-13(10)14)8-15-9-12-5-3-7-16-12/h2,4,6,12,15H,3,5,7-9,14H2,1H3. The van der Waals surface area contributed by atoms with Gasteiger partial charge in [-0.25, -0.2) is 0 Å². The van der Waals surface area contributed by atoms with Crippen molar-refractivity contribution in [1.29, 1.82) is 0 Å². The number of nitrogens with two attached hydrogens (primary N) is 1. The number of rotatable bonds is 4. The van der Waals surface area contributed by atoms with Crippen LogP contribution in [-0.4, -0.2) is 19.3 Å². The predicted octanol–water partition coefficient (Wildman–Crippen LogP) is 1.85. The first-order valence-corrected chi connectivity index (χ1v) is 5.93. The molecule has 0 aromatic heterocycles. The minimum Gasteiger partial charge on any atom is -0.399 e. The van der Waals surface area contributed by atoms with Gasteiger partial charge in [0.25, 0.3) is 0 Å². The quantitative estimate of drug-likeness (QED) is 0.761. The summed E-state index contributed by atoms with van der Waals surface area (Å²) in [5.41, 5.74) is 9.19. The maximum absolute atomic E-state index is 5.86. The van der Waals surface area contributed by atoms with Crippen LogP contribution < -0.4 is 11.1 Å². The monoisotopic (exact) mass is 220 g/mol. The van der Waals surface area contributed by atoms with Crippen molar-refractivity contribution < 1.29 is 4.74 Å². The summed E-state index contributed by atoms with van der Waals surface area (Å²) in [6.45, 7) is 4.80. The Bertz CT molecular complexity index is 346. The number of nitrogens with one attached hydrogen (secondary N) is 1. The first kappa shape index (κ1) is 11.4. The van der Waals surface area contributed by atoms with Crippen molar-refractivity contribution in [2.45, 2.75) is 32.4 Å². The lowest BCUT2D eigenvalue weighted by Crippen LogP contribution is -2.26. The zero-order chi connectivity index (χ0) is 11.4. The number of ether oxygens (including phenoxy) is 1. The Kier molecular flexibility index (Phi) is 3.80. The predicted molar refractivity (Wildman–Crippen MR) is 66.3 cm³/mol. The van der Waals surface area contributed by atoms with Gasteiger partial charge >= 0.3 is 0 Å². The van der Waals surface area contributed by atoms with Crippen molar-refractivity contribution in [2.24, 2.45) is 0 Å². The van der Waals surface area contributed by atoms with Crippen LogP contribution in [-0.2, 0) is 11.3 Å². The van der Waals surface area contributed by atoms with Gasteiger partial charge in [0.05, 0.1) is 6.10 Å². The molecule has 1 aliphatic rings. The summed E-state index contributed by atoms with van der Waals surface area (Å²) in [6, 6.07) is 6.07. The number of hydrogen-bond acceptors (Lipinski definition) is 3. The van der Waals surface area contributed by atoms with Gasteiger partial charge in [0.2, 0.25) is 0 Å². The highest BCUT2D eigenvalue weighted by Gasteiger charge is 2.14. The van der Waals surface area contributed by atoms with Crippen LogP contribution in [0, 0.1) is 6.92 Å². The Morgan fingerprint density at radius 3 is 3.12 bits per heavy atom. The fourth-order valence-corrected chi connectivity index (χ4v) is 2.07. The molecule has 1 fully saturated rings. The van der Waals surface area contributed by atoms with E-state index in [1.54, 1.807) is 0 Å². The zero-order valence-corrected chi connectivity index (χ0v) is 9.83. The molecule has 1 atom stereocenters. The Morgan fingerprint density at radius 1 is 1.50 bits per heavy atom. The fraction of sp³-hybridized carbons (Fsp3) is 0.538.